The Bertz CT molecular complexity index is 857. The molecule has 6 heteroatoms. The van der Waals surface area contributed by atoms with Crippen molar-refractivity contribution in [1.29, 1.82) is 0 Å². The van der Waals surface area contributed by atoms with Crippen molar-refractivity contribution < 1.29 is 9.59 Å². The van der Waals surface area contributed by atoms with E-state index >= 15 is 0 Å². The molecule has 1 fully saturated rings. The van der Waals surface area contributed by atoms with Crippen LogP contribution in [0.15, 0.2) is 36.4 Å². The predicted molar refractivity (Wildman–Crippen MR) is 109 cm³/mol. The number of nitrogens with one attached hydrogen (secondary N) is 2. The number of hydrogen-bond acceptors (Lipinski definition) is 4. The zero-order valence-electron chi connectivity index (χ0n) is 15.8. The number of rotatable bonds is 6. The standard InChI is InChI=1S/C21H26N4O2/c1-14-6-5-7-17(15(14)2)24-20(26)13-23-18-12-16(21(22)27)8-9-19(18)25-10-3-4-11-25/h5-9,12,23H,3-4,10-11,13H2,1-2H3,(H2,22,27)(H,24,26). The van der Waals surface area contributed by atoms with Crippen LogP contribution in [0.1, 0.15) is 34.3 Å². The average molecular weight is 366 g/mol. The van der Waals surface area contributed by atoms with Gasteiger partial charge in [0, 0.05) is 24.3 Å². The molecule has 1 heterocycles. The smallest absolute Gasteiger partial charge is 0.248 e. The van der Waals surface area contributed by atoms with Crippen molar-refractivity contribution in [3.8, 4) is 0 Å². The minimum absolute atomic E-state index is 0.108. The van der Waals surface area contributed by atoms with Crippen molar-refractivity contribution in [3.05, 3.63) is 53.1 Å². The van der Waals surface area contributed by atoms with Crippen LogP contribution in [0.4, 0.5) is 17.1 Å². The average Bonchev–Trinajstić information content (AvgIpc) is 3.18. The number of primary amides is 1. The fraction of sp³-hybridized carbons (Fsp3) is 0.333. The fourth-order valence-corrected chi connectivity index (χ4v) is 3.32. The second-order valence-corrected chi connectivity index (χ2v) is 6.94. The number of anilines is 3. The summed E-state index contributed by atoms with van der Waals surface area (Å²) in [5, 5.41) is 6.12. The Hall–Kier alpha value is -3.02. The summed E-state index contributed by atoms with van der Waals surface area (Å²) in [6.45, 7) is 6.05. The highest BCUT2D eigenvalue weighted by molar-refractivity contribution is 5.97. The summed E-state index contributed by atoms with van der Waals surface area (Å²) in [4.78, 5) is 26.2. The van der Waals surface area contributed by atoms with Crippen LogP contribution in [0.3, 0.4) is 0 Å². The van der Waals surface area contributed by atoms with Crippen LogP contribution < -0.4 is 21.3 Å². The SMILES string of the molecule is Cc1cccc(NC(=O)CNc2cc(C(N)=O)ccc2N2CCCC2)c1C. The maximum atomic E-state index is 12.4. The van der Waals surface area contributed by atoms with Gasteiger partial charge >= 0.3 is 0 Å². The Morgan fingerprint density at radius 1 is 1.07 bits per heavy atom. The molecule has 4 N–H and O–H groups in total. The summed E-state index contributed by atoms with van der Waals surface area (Å²) >= 11 is 0. The molecule has 1 aliphatic rings. The van der Waals surface area contributed by atoms with Crippen molar-refractivity contribution in [2.75, 3.05) is 35.2 Å². The third-order valence-corrected chi connectivity index (χ3v) is 5.05. The van der Waals surface area contributed by atoms with Crippen LogP contribution in [0, 0.1) is 13.8 Å². The number of carbonyl (C=O) groups is 2. The molecule has 0 unspecified atom stereocenters. The van der Waals surface area contributed by atoms with E-state index in [0.29, 0.717) is 5.56 Å². The van der Waals surface area contributed by atoms with Crippen LogP contribution >= 0.6 is 0 Å². The van der Waals surface area contributed by atoms with E-state index in [4.69, 9.17) is 5.73 Å². The van der Waals surface area contributed by atoms with E-state index in [9.17, 15) is 9.59 Å². The van der Waals surface area contributed by atoms with Gasteiger partial charge in [-0.3, -0.25) is 9.59 Å². The van der Waals surface area contributed by atoms with Crippen LogP contribution in [-0.4, -0.2) is 31.4 Å². The molecular formula is C21H26N4O2. The summed E-state index contributed by atoms with van der Waals surface area (Å²) in [5.74, 6) is -0.619. The number of amides is 2. The molecule has 1 saturated heterocycles. The Labute approximate surface area is 159 Å². The number of hydrogen-bond donors (Lipinski definition) is 3. The molecule has 6 nitrogen and oxygen atoms in total. The molecule has 0 radical (unpaired) electrons. The summed E-state index contributed by atoms with van der Waals surface area (Å²) in [6.07, 6.45) is 2.29. The first kappa shape index (κ1) is 18.8. The van der Waals surface area contributed by atoms with Gasteiger partial charge in [-0.15, -0.1) is 0 Å². The molecule has 2 aromatic rings. The molecule has 0 aliphatic carbocycles. The molecule has 0 atom stereocenters. The van der Waals surface area contributed by atoms with Gasteiger partial charge in [-0.05, 0) is 62.1 Å². The molecule has 0 saturated carbocycles. The van der Waals surface area contributed by atoms with Gasteiger partial charge in [0.2, 0.25) is 11.8 Å². The van der Waals surface area contributed by atoms with Gasteiger partial charge in [-0.1, -0.05) is 12.1 Å². The van der Waals surface area contributed by atoms with Gasteiger partial charge in [0.05, 0.1) is 17.9 Å². The molecule has 27 heavy (non-hydrogen) atoms. The summed E-state index contributed by atoms with van der Waals surface area (Å²) in [7, 11) is 0. The number of aryl methyl sites for hydroxylation is 1. The van der Waals surface area contributed by atoms with E-state index in [-0.39, 0.29) is 12.5 Å². The van der Waals surface area contributed by atoms with E-state index in [1.807, 2.05) is 38.1 Å². The van der Waals surface area contributed by atoms with Gasteiger partial charge in [0.25, 0.3) is 0 Å². The first-order chi connectivity index (χ1) is 13.0. The highest BCUT2D eigenvalue weighted by Gasteiger charge is 2.17. The lowest BCUT2D eigenvalue weighted by molar-refractivity contribution is -0.114. The zero-order valence-corrected chi connectivity index (χ0v) is 15.8. The quantitative estimate of drug-likeness (QED) is 0.733. The van der Waals surface area contributed by atoms with Crippen molar-refractivity contribution >= 4 is 28.9 Å². The summed E-state index contributed by atoms with van der Waals surface area (Å²) in [6, 6.07) is 11.2. The molecule has 0 spiro atoms. The minimum Gasteiger partial charge on any atom is -0.374 e. The van der Waals surface area contributed by atoms with Crippen LogP contribution in [0.5, 0.6) is 0 Å². The van der Waals surface area contributed by atoms with E-state index in [1.165, 1.54) is 0 Å². The molecule has 1 aliphatic heterocycles. The summed E-state index contributed by atoms with van der Waals surface area (Å²) < 4.78 is 0. The molecular weight excluding hydrogens is 340 g/mol. The Kier molecular flexibility index (Phi) is 5.64. The molecule has 3 rings (SSSR count). The Morgan fingerprint density at radius 2 is 1.81 bits per heavy atom. The van der Waals surface area contributed by atoms with Gasteiger partial charge < -0.3 is 21.3 Å². The Morgan fingerprint density at radius 3 is 2.52 bits per heavy atom. The predicted octanol–water partition coefficient (Wildman–Crippen LogP) is 3.05. The molecule has 0 aromatic heterocycles. The third-order valence-electron chi connectivity index (χ3n) is 5.05. The van der Waals surface area contributed by atoms with E-state index < -0.39 is 5.91 Å². The van der Waals surface area contributed by atoms with Crippen molar-refractivity contribution in [2.24, 2.45) is 5.73 Å². The minimum atomic E-state index is -0.481. The monoisotopic (exact) mass is 366 g/mol. The van der Waals surface area contributed by atoms with Crippen LogP contribution in [0.25, 0.3) is 0 Å². The van der Waals surface area contributed by atoms with E-state index in [0.717, 1.165) is 54.1 Å². The Balaban J connectivity index is 1.73. The molecule has 2 amide bonds. The highest BCUT2D eigenvalue weighted by Crippen LogP contribution is 2.30. The van der Waals surface area contributed by atoms with Crippen molar-refractivity contribution in [1.82, 2.24) is 0 Å². The van der Waals surface area contributed by atoms with Gasteiger partial charge in [0.15, 0.2) is 0 Å². The first-order valence-corrected chi connectivity index (χ1v) is 9.24. The van der Waals surface area contributed by atoms with Crippen LogP contribution in [-0.2, 0) is 4.79 Å². The first-order valence-electron chi connectivity index (χ1n) is 9.24. The normalized spacial score (nSPS) is 13.5. The second-order valence-electron chi connectivity index (χ2n) is 6.94. The van der Waals surface area contributed by atoms with Gasteiger partial charge in [-0.25, -0.2) is 0 Å². The van der Waals surface area contributed by atoms with Gasteiger partial charge in [-0.2, -0.15) is 0 Å². The lowest BCUT2D eigenvalue weighted by Gasteiger charge is -2.22. The van der Waals surface area contributed by atoms with E-state index in [1.54, 1.807) is 12.1 Å². The maximum Gasteiger partial charge on any atom is 0.248 e. The number of nitrogens with zero attached hydrogens (tertiary/aromatic N) is 1. The lowest BCUT2D eigenvalue weighted by Crippen LogP contribution is -2.25. The highest BCUT2D eigenvalue weighted by atomic mass is 16.2. The fourth-order valence-electron chi connectivity index (χ4n) is 3.32. The second kappa shape index (κ2) is 8.12. The maximum absolute atomic E-state index is 12.4. The van der Waals surface area contributed by atoms with Crippen molar-refractivity contribution in [3.63, 3.8) is 0 Å². The molecule has 2 aromatic carbocycles. The van der Waals surface area contributed by atoms with Gasteiger partial charge in [0.1, 0.15) is 0 Å². The lowest BCUT2D eigenvalue weighted by atomic mass is 10.1. The number of nitrogens with two attached hydrogens (primary N) is 1. The van der Waals surface area contributed by atoms with Crippen molar-refractivity contribution in [2.45, 2.75) is 26.7 Å². The number of benzene rings is 2. The number of carbonyl (C=O) groups excluding carboxylic acids is 2. The molecule has 142 valence electrons. The largest absolute Gasteiger partial charge is 0.374 e. The zero-order chi connectivity index (χ0) is 19.4. The third kappa shape index (κ3) is 4.39. The topological polar surface area (TPSA) is 87.5 Å². The van der Waals surface area contributed by atoms with Crippen LogP contribution in [0.2, 0.25) is 0 Å². The summed E-state index contributed by atoms with van der Waals surface area (Å²) in [5.41, 5.74) is 10.6. The molecule has 0 bridgehead atoms. The van der Waals surface area contributed by atoms with E-state index in [2.05, 4.69) is 15.5 Å².